The summed E-state index contributed by atoms with van der Waals surface area (Å²) in [5.41, 5.74) is 6.00. The molecule has 0 saturated heterocycles. The fraction of sp³-hybridized carbons (Fsp3) is 0.375. The Bertz CT molecular complexity index is 609. The van der Waals surface area contributed by atoms with Crippen LogP contribution in [0.1, 0.15) is 44.5 Å². The lowest BCUT2D eigenvalue weighted by molar-refractivity contribution is -0.118. The minimum atomic E-state index is -0.602. The molecular weight excluding hydrogens is 348 g/mol. The van der Waals surface area contributed by atoms with Crippen LogP contribution < -0.4 is 11.1 Å². The summed E-state index contributed by atoms with van der Waals surface area (Å²) in [6, 6.07) is 4.91. The van der Waals surface area contributed by atoms with Crippen LogP contribution >= 0.6 is 15.9 Å². The van der Waals surface area contributed by atoms with E-state index in [1.165, 1.54) is 6.08 Å². The highest BCUT2D eigenvalue weighted by Crippen LogP contribution is 2.20. The predicted octanol–water partition coefficient (Wildman–Crippen LogP) is 3.40. The zero-order chi connectivity index (χ0) is 16.9. The van der Waals surface area contributed by atoms with Crippen molar-refractivity contribution in [2.45, 2.75) is 39.7 Å². The average Bonchev–Trinajstić information content (AvgIpc) is 2.40. The Morgan fingerprint density at radius 1 is 1.41 bits per heavy atom. The van der Waals surface area contributed by atoms with E-state index in [0.29, 0.717) is 5.69 Å². The number of amides is 1. The average molecular weight is 369 g/mol. The van der Waals surface area contributed by atoms with Crippen LogP contribution in [0.4, 0.5) is 5.69 Å². The number of carbonyl (C=O) groups excluding carboxylic acids is 2. The third-order valence-electron chi connectivity index (χ3n) is 3.17. The Balaban J connectivity index is 2.77. The van der Waals surface area contributed by atoms with Crippen LogP contribution in [0, 0.1) is 0 Å². The molecule has 1 rings (SSSR count). The highest BCUT2D eigenvalue weighted by Gasteiger charge is 2.17. The molecule has 0 aliphatic heterocycles. The number of esters is 1. The predicted molar refractivity (Wildman–Crippen MR) is 90.2 cm³/mol. The fourth-order valence-corrected chi connectivity index (χ4v) is 1.94. The van der Waals surface area contributed by atoms with Gasteiger partial charge in [0, 0.05) is 21.8 Å². The Kier molecular flexibility index (Phi) is 6.17. The number of ether oxygens (including phenoxy) is 1. The highest BCUT2D eigenvalue weighted by molar-refractivity contribution is 9.10. The van der Waals surface area contributed by atoms with Crippen molar-refractivity contribution in [3.8, 4) is 0 Å². The van der Waals surface area contributed by atoms with Crippen LogP contribution in [0.15, 0.2) is 34.5 Å². The zero-order valence-corrected chi connectivity index (χ0v) is 14.8. The smallest absolute Gasteiger partial charge is 0.345 e. The lowest BCUT2D eigenvalue weighted by Gasteiger charge is -2.23. The molecule has 0 aromatic heterocycles. The first kappa shape index (κ1) is 18.2. The minimum Gasteiger partial charge on any atom is -0.428 e. The largest absolute Gasteiger partial charge is 0.428 e. The number of carbonyl (C=O) groups is 2. The second-order valence-electron chi connectivity index (χ2n) is 5.60. The van der Waals surface area contributed by atoms with Gasteiger partial charge in [-0.3, -0.25) is 4.79 Å². The second-order valence-corrected chi connectivity index (χ2v) is 6.52. The molecular formula is C16H21BrN2O3. The van der Waals surface area contributed by atoms with Gasteiger partial charge in [-0.15, -0.1) is 0 Å². The maximum atomic E-state index is 12.1. The summed E-state index contributed by atoms with van der Waals surface area (Å²) in [6.07, 6.45) is 2.05. The fourth-order valence-electron chi connectivity index (χ4n) is 1.58. The number of benzene rings is 1. The molecule has 0 bridgehead atoms. The number of hydrogen-bond acceptors (Lipinski definition) is 4. The number of nitrogen functional groups attached to an aromatic ring is 1. The lowest BCUT2D eigenvalue weighted by Crippen LogP contribution is -2.42. The van der Waals surface area contributed by atoms with Gasteiger partial charge in [-0.2, -0.15) is 0 Å². The van der Waals surface area contributed by atoms with E-state index in [2.05, 4.69) is 21.2 Å². The SMILES string of the molecule is CCC(C)(C)NC(=O)C=C(C)OC(=O)c1cc(Br)ccc1N. The van der Waals surface area contributed by atoms with Gasteiger partial charge in [0.15, 0.2) is 0 Å². The number of hydrogen-bond donors (Lipinski definition) is 2. The molecule has 22 heavy (non-hydrogen) atoms. The van der Waals surface area contributed by atoms with Crippen molar-refractivity contribution in [2.75, 3.05) is 5.73 Å². The monoisotopic (exact) mass is 368 g/mol. The minimum absolute atomic E-state index is 0.203. The molecule has 0 unspecified atom stereocenters. The van der Waals surface area contributed by atoms with Crippen LogP contribution in [-0.2, 0) is 9.53 Å². The quantitative estimate of drug-likeness (QED) is 0.361. The van der Waals surface area contributed by atoms with Crippen LogP contribution in [-0.4, -0.2) is 17.4 Å². The van der Waals surface area contributed by atoms with Gasteiger partial charge in [-0.25, -0.2) is 4.79 Å². The lowest BCUT2D eigenvalue weighted by atomic mass is 10.0. The molecule has 5 nitrogen and oxygen atoms in total. The van der Waals surface area contributed by atoms with E-state index in [1.54, 1.807) is 25.1 Å². The second kappa shape index (κ2) is 7.45. The first-order chi connectivity index (χ1) is 10.1. The molecule has 1 aromatic carbocycles. The zero-order valence-electron chi connectivity index (χ0n) is 13.2. The van der Waals surface area contributed by atoms with E-state index in [4.69, 9.17) is 10.5 Å². The van der Waals surface area contributed by atoms with Gasteiger partial charge in [0.1, 0.15) is 5.76 Å². The van der Waals surface area contributed by atoms with Crippen LogP contribution in [0.2, 0.25) is 0 Å². The summed E-state index contributed by atoms with van der Waals surface area (Å²) in [5, 5.41) is 2.83. The number of nitrogens with two attached hydrogens (primary N) is 1. The van der Waals surface area contributed by atoms with Crippen molar-refractivity contribution in [1.82, 2.24) is 5.32 Å². The standard InChI is InChI=1S/C16H21BrN2O3/c1-5-16(3,4)19-14(20)8-10(2)22-15(21)12-9-11(17)6-7-13(12)18/h6-9H,5,18H2,1-4H3,(H,19,20). The van der Waals surface area contributed by atoms with Gasteiger partial charge in [0.05, 0.1) is 5.56 Å². The number of anilines is 1. The summed E-state index contributed by atoms with van der Waals surface area (Å²) in [7, 11) is 0. The molecule has 0 radical (unpaired) electrons. The Labute approximate surface area is 139 Å². The first-order valence-corrected chi connectivity index (χ1v) is 7.71. The maximum absolute atomic E-state index is 12.1. The molecule has 0 aliphatic rings. The van der Waals surface area contributed by atoms with Crippen molar-refractivity contribution in [1.29, 1.82) is 0 Å². The Morgan fingerprint density at radius 3 is 2.64 bits per heavy atom. The third-order valence-corrected chi connectivity index (χ3v) is 3.66. The normalized spacial score (nSPS) is 12.0. The van der Waals surface area contributed by atoms with E-state index in [9.17, 15) is 9.59 Å². The van der Waals surface area contributed by atoms with Gasteiger partial charge in [-0.1, -0.05) is 22.9 Å². The van der Waals surface area contributed by atoms with Crippen LogP contribution in [0.3, 0.4) is 0 Å². The van der Waals surface area contributed by atoms with Gasteiger partial charge in [-0.05, 0) is 45.4 Å². The van der Waals surface area contributed by atoms with Crippen molar-refractivity contribution in [3.63, 3.8) is 0 Å². The molecule has 0 saturated carbocycles. The first-order valence-electron chi connectivity index (χ1n) is 6.92. The molecule has 120 valence electrons. The van der Waals surface area contributed by atoms with E-state index in [-0.39, 0.29) is 22.8 Å². The van der Waals surface area contributed by atoms with E-state index >= 15 is 0 Å². The number of halogens is 1. The van der Waals surface area contributed by atoms with Gasteiger partial charge < -0.3 is 15.8 Å². The molecule has 1 aromatic rings. The van der Waals surface area contributed by atoms with Crippen molar-refractivity contribution in [3.05, 3.63) is 40.1 Å². The molecule has 1 amide bonds. The van der Waals surface area contributed by atoms with Crippen molar-refractivity contribution >= 4 is 33.5 Å². The van der Waals surface area contributed by atoms with E-state index < -0.39 is 5.97 Å². The molecule has 0 spiro atoms. The van der Waals surface area contributed by atoms with Crippen LogP contribution in [0.5, 0.6) is 0 Å². The summed E-state index contributed by atoms with van der Waals surface area (Å²) >= 11 is 3.27. The van der Waals surface area contributed by atoms with E-state index in [0.717, 1.165) is 10.9 Å². The van der Waals surface area contributed by atoms with Gasteiger partial charge in [0.2, 0.25) is 5.91 Å². The summed E-state index contributed by atoms with van der Waals surface area (Å²) in [4.78, 5) is 23.9. The molecule has 0 heterocycles. The van der Waals surface area contributed by atoms with E-state index in [1.807, 2.05) is 20.8 Å². The topological polar surface area (TPSA) is 81.4 Å². The number of allylic oxidation sites excluding steroid dienone is 1. The van der Waals surface area contributed by atoms with Gasteiger partial charge in [0.25, 0.3) is 0 Å². The van der Waals surface area contributed by atoms with Crippen molar-refractivity contribution in [2.24, 2.45) is 0 Å². The molecule has 0 atom stereocenters. The van der Waals surface area contributed by atoms with Gasteiger partial charge >= 0.3 is 5.97 Å². The third kappa shape index (κ3) is 5.52. The summed E-state index contributed by atoms with van der Waals surface area (Å²) in [5.74, 6) is -0.705. The van der Waals surface area contributed by atoms with Crippen molar-refractivity contribution < 1.29 is 14.3 Å². The molecule has 3 N–H and O–H groups in total. The summed E-state index contributed by atoms with van der Waals surface area (Å²) in [6.45, 7) is 7.36. The molecule has 0 fully saturated rings. The highest BCUT2D eigenvalue weighted by atomic mass is 79.9. The Hall–Kier alpha value is -1.82. The summed E-state index contributed by atoms with van der Waals surface area (Å²) < 4.78 is 5.87. The molecule has 0 aliphatic carbocycles. The van der Waals surface area contributed by atoms with Crippen LogP contribution in [0.25, 0.3) is 0 Å². The maximum Gasteiger partial charge on any atom is 0.345 e. The number of nitrogens with one attached hydrogen (secondary N) is 1. The number of rotatable bonds is 5. The Morgan fingerprint density at radius 2 is 2.05 bits per heavy atom. The molecule has 6 heteroatoms.